The molecule has 0 radical (unpaired) electrons. The molecule has 178 valence electrons. The molecule has 0 aliphatic carbocycles. The Kier molecular flexibility index (Phi) is 7.38. The van der Waals surface area contributed by atoms with Crippen LogP contribution in [-0.2, 0) is 14.8 Å². The zero-order valence-electron chi connectivity index (χ0n) is 19.2. The first-order valence-electron chi connectivity index (χ1n) is 10.8. The van der Waals surface area contributed by atoms with Gasteiger partial charge in [-0.3, -0.25) is 14.9 Å². The SMILES string of the molecule is COc1ccc(C(C)C)cc1S(=O)(=O)N1CCC[C@@H](C(=O)Nc2cc([N+](=O)[O-])ccc2C)C1. The highest BCUT2D eigenvalue weighted by atomic mass is 32.2. The van der Waals surface area contributed by atoms with Crippen LogP contribution < -0.4 is 10.1 Å². The molecule has 10 heteroatoms. The first-order chi connectivity index (χ1) is 15.5. The number of amides is 1. The minimum Gasteiger partial charge on any atom is -0.495 e. The molecule has 0 aromatic heterocycles. The van der Waals surface area contributed by atoms with E-state index >= 15 is 0 Å². The molecule has 2 aromatic rings. The summed E-state index contributed by atoms with van der Waals surface area (Å²) in [5.74, 6) is -0.533. The lowest BCUT2D eigenvalue weighted by atomic mass is 9.98. The number of nitro groups is 1. The number of hydrogen-bond donors (Lipinski definition) is 1. The normalized spacial score (nSPS) is 17.1. The quantitative estimate of drug-likeness (QED) is 0.476. The Bertz CT molecular complexity index is 1160. The minimum atomic E-state index is -3.89. The summed E-state index contributed by atoms with van der Waals surface area (Å²) in [4.78, 5) is 23.6. The Labute approximate surface area is 193 Å². The summed E-state index contributed by atoms with van der Waals surface area (Å²) in [6, 6.07) is 9.39. The van der Waals surface area contributed by atoms with E-state index in [2.05, 4.69) is 5.32 Å². The van der Waals surface area contributed by atoms with Crippen LogP contribution in [0.15, 0.2) is 41.3 Å². The van der Waals surface area contributed by atoms with Crippen molar-refractivity contribution < 1.29 is 22.9 Å². The number of hydrogen-bond acceptors (Lipinski definition) is 6. The van der Waals surface area contributed by atoms with Crippen LogP contribution in [0.3, 0.4) is 0 Å². The lowest BCUT2D eigenvalue weighted by molar-refractivity contribution is -0.384. The highest BCUT2D eigenvalue weighted by molar-refractivity contribution is 7.89. The minimum absolute atomic E-state index is 0.0250. The standard InChI is InChI=1S/C23H29N3O6S/c1-15(2)17-8-10-21(32-4)22(12-17)33(30,31)25-11-5-6-18(14-25)23(27)24-20-13-19(26(28)29)9-7-16(20)3/h7-10,12-13,15,18H,5-6,11,14H2,1-4H3,(H,24,27)/t18-/m1/s1. The number of nitrogens with one attached hydrogen (secondary N) is 1. The van der Waals surface area contributed by atoms with Crippen LogP contribution in [0.1, 0.15) is 43.7 Å². The molecule has 0 unspecified atom stereocenters. The van der Waals surface area contributed by atoms with Gasteiger partial charge in [-0.25, -0.2) is 8.42 Å². The maximum absolute atomic E-state index is 13.5. The first kappa shape index (κ1) is 24.7. The molecule has 1 N–H and O–H groups in total. The number of sulfonamides is 1. The number of nitrogens with zero attached hydrogens (tertiary/aromatic N) is 2. The maximum atomic E-state index is 13.5. The number of aryl methyl sites for hydroxylation is 1. The predicted molar refractivity (Wildman–Crippen MR) is 125 cm³/mol. The first-order valence-corrected chi connectivity index (χ1v) is 12.2. The predicted octanol–water partition coefficient (Wildman–Crippen LogP) is 4.07. The van der Waals surface area contributed by atoms with Gasteiger partial charge in [0.2, 0.25) is 15.9 Å². The van der Waals surface area contributed by atoms with Crippen molar-refractivity contribution in [3.8, 4) is 5.75 Å². The van der Waals surface area contributed by atoms with E-state index in [9.17, 15) is 23.3 Å². The molecule has 1 aliphatic heterocycles. The average molecular weight is 476 g/mol. The third kappa shape index (κ3) is 5.33. The number of ether oxygens (including phenoxy) is 1. The number of benzene rings is 2. The van der Waals surface area contributed by atoms with Gasteiger partial charge in [0.05, 0.1) is 23.6 Å². The van der Waals surface area contributed by atoms with Crippen molar-refractivity contribution in [2.24, 2.45) is 5.92 Å². The summed E-state index contributed by atoms with van der Waals surface area (Å²) in [5, 5.41) is 13.8. The number of methoxy groups -OCH3 is 1. The average Bonchev–Trinajstić information content (AvgIpc) is 2.79. The molecular formula is C23H29N3O6S. The highest BCUT2D eigenvalue weighted by Crippen LogP contribution is 2.33. The van der Waals surface area contributed by atoms with Gasteiger partial charge < -0.3 is 10.1 Å². The fourth-order valence-electron chi connectivity index (χ4n) is 3.86. The van der Waals surface area contributed by atoms with E-state index in [1.165, 1.54) is 23.5 Å². The topological polar surface area (TPSA) is 119 Å². The second-order valence-electron chi connectivity index (χ2n) is 8.51. The van der Waals surface area contributed by atoms with Gasteiger partial charge in [-0.05, 0) is 48.9 Å². The second-order valence-corrected chi connectivity index (χ2v) is 10.4. The van der Waals surface area contributed by atoms with E-state index in [0.29, 0.717) is 30.6 Å². The molecule has 1 saturated heterocycles. The number of rotatable bonds is 7. The van der Waals surface area contributed by atoms with Gasteiger partial charge in [0.25, 0.3) is 5.69 Å². The Balaban J connectivity index is 1.83. The molecule has 0 saturated carbocycles. The number of nitro benzene ring substituents is 1. The fourth-order valence-corrected chi connectivity index (χ4v) is 5.58. The molecular weight excluding hydrogens is 446 g/mol. The van der Waals surface area contributed by atoms with Gasteiger partial charge in [0, 0.05) is 25.2 Å². The smallest absolute Gasteiger partial charge is 0.271 e. The second kappa shape index (κ2) is 9.88. The third-order valence-electron chi connectivity index (χ3n) is 5.92. The van der Waals surface area contributed by atoms with Crippen molar-refractivity contribution in [3.63, 3.8) is 0 Å². The Morgan fingerprint density at radius 1 is 1.24 bits per heavy atom. The van der Waals surface area contributed by atoms with Crippen LogP contribution >= 0.6 is 0 Å². The van der Waals surface area contributed by atoms with Crippen LogP contribution in [-0.4, -0.2) is 43.8 Å². The lowest BCUT2D eigenvalue weighted by Crippen LogP contribution is -2.43. The van der Waals surface area contributed by atoms with Crippen molar-refractivity contribution in [1.29, 1.82) is 0 Å². The van der Waals surface area contributed by atoms with E-state index in [1.807, 2.05) is 19.9 Å². The number of non-ortho nitro benzene ring substituents is 1. The van der Waals surface area contributed by atoms with Crippen molar-refractivity contribution in [1.82, 2.24) is 4.31 Å². The van der Waals surface area contributed by atoms with Crippen LogP contribution in [0, 0.1) is 23.0 Å². The van der Waals surface area contributed by atoms with Crippen LogP contribution in [0.2, 0.25) is 0 Å². The van der Waals surface area contributed by atoms with E-state index in [0.717, 1.165) is 5.56 Å². The van der Waals surface area contributed by atoms with E-state index < -0.39 is 20.9 Å². The van der Waals surface area contributed by atoms with Gasteiger partial charge in [0.15, 0.2) is 0 Å². The molecule has 9 nitrogen and oxygen atoms in total. The summed E-state index contributed by atoms with van der Waals surface area (Å²) in [7, 11) is -2.46. The maximum Gasteiger partial charge on any atom is 0.271 e. The zero-order valence-corrected chi connectivity index (χ0v) is 20.0. The molecule has 1 amide bonds. The zero-order chi connectivity index (χ0) is 24.3. The van der Waals surface area contributed by atoms with Gasteiger partial charge in [-0.1, -0.05) is 26.0 Å². The van der Waals surface area contributed by atoms with E-state index in [4.69, 9.17) is 4.74 Å². The van der Waals surface area contributed by atoms with Crippen molar-refractivity contribution in [3.05, 3.63) is 57.6 Å². The molecule has 0 bridgehead atoms. The van der Waals surface area contributed by atoms with Crippen molar-refractivity contribution >= 4 is 27.3 Å². The van der Waals surface area contributed by atoms with Crippen LogP contribution in [0.5, 0.6) is 5.75 Å². The number of carbonyl (C=O) groups excluding carboxylic acids is 1. The summed E-state index contributed by atoms with van der Waals surface area (Å²) in [6.07, 6.45) is 1.05. The van der Waals surface area contributed by atoms with Gasteiger partial charge in [-0.15, -0.1) is 0 Å². The Morgan fingerprint density at radius 3 is 2.61 bits per heavy atom. The number of anilines is 1. The van der Waals surface area contributed by atoms with Crippen LogP contribution in [0.4, 0.5) is 11.4 Å². The van der Waals surface area contributed by atoms with Crippen molar-refractivity contribution in [2.45, 2.75) is 44.4 Å². The van der Waals surface area contributed by atoms with E-state index in [-0.39, 0.29) is 34.7 Å². The van der Waals surface area contributed by atoms with Gasteiger partial charge >= 0.3 is 0 Å². The summed E-state index contributed by atoms with van der Waals surface area (Å²) in [6.45, 7) is 6.03. The molecule has 1 heterocycles. The third-order valence-corrected chi connectivity index (χ3v) is 7.80. The number of piperidine rings is 1. The van der Waals surface area contributed by atoms with Crippen molar-refractivity contribution in [2.75, 3.05) is 25.5 Å². The molecule has 3 rings (SSSR count). The largest absolute Gasteiger partial charge is 0.495 e. The summed E-state index contributed by atoms with van der Waals surface area (Å²) in [5.41, 5.74) is 1.78. The molecule has 1 aliphatic rings. The van der Waals surface area contributed by atoms with Gasteiger partial charge in [0.1, 0.15) is 10.6 Å². The molecule has 0 spiro atoms. The Morgan fingerprint density at radius 2 is 1.97 bits per heavy atom. The molecule has 2 aromatic carbocycles. The number of carbonyl (C=O) groups is 1. The summed E-state index contributed by atoms with van der Waals surface area (Å²) < 4.78 is 33.6. The summed E-state index contributed by atoms with van der Waals surface area (Å²) >= 11 is 0. The lowest BCUT2D eigenvalue weighted by Gasteiger charge is -2.31. The fraction of sp³-hybridized carbons (Fsp3) is 0.435. The highest BCUT2D eigenvalue weighted by Gasteiger charge is 2.35. The Hall–Kier alpha value is -2.98. The monoisotopic (exact) mass is 475 g/mol. The van der Waals surface area contributed by atoms with Gasteiger partial charge in [-0.2, -0.15) is 4.31 Å². The molecule has 1 atom stereocenters. The van der Waals surface area contributed by atoms with E-state index in [1.54, 1.807) is 25.1 Å². The molecule has 1 fully saturated rings. The van der Waals surface area contributed by atoms with Crippen LogP contribution in [0.25, 0.3) is 0 Å². The molecule has 33 heavy (non-hydrogen) atoms.